The van der Waals surface area contributed by atoms with E-state index in [1.807, 2.05) is 18.5 Å². The van der Waals surface area contributed by atoms with E-state index in [0.29, 0.717) is 29.7 Å². The number of aryl methyl sites for hydroxylation is 2. The molecule has 0 bridgehead atoms. The number of carbonyl (C=O) groups is 1. The molecule has 0 aliphatic carbocycles. The molecule has 2 heterocycles. The molecule has 0 atom stereocenters. The Bertz CT molecular complexity index is 869. The fraction of sp³-hybridized carbons (Fsp3) is 0.278. The summed E-state index contributed by atoms with van der Waals surface area (Å²) in [5.41, 5.74) is 6.74. The molecule has 3 aromatic rings. The molecule has 24 heavy (non-hydrogen) atoms. The van der Waals surface area contributed by atoms with Crippen molar-refractivity contribution in [3.8, 4) is 0 Å². The summed E-state index contributed by atoms with van der Waals surface area (Å²) >= 11 is 0. The van der Waals surface area contributed by atoms with E-state index in [-0.39, 0.29) is 5.91 Å². The van der Waals surface area contributed by atoms with E-state index in [2.05, 4.69) is 46.8 Å². The van der Waals surface area contributed by atoms with Gasteiger partial charge in [0.05, 0.1) is 30.3 Å². The Morgan fingerprint density at radius 1 is 1.25 bits per heavy atom. The average Bonchev–Trinajstić information content (AvgIpc) is 2.96. The molecule has 2 aromatic heterocycles. The molecule has 0 fully saturated rings. The van der Waals surface area contributed by atoms with Gasteiger partial charge in [0.25, 0.3) is 5.91 Å². The van der Waals surface area contributed by atoms with Gasteiger partial charge < -0.3 is 0 Å². The van der Waals surface area contributed by atoms with Gasteiger partial charge in [-0.2, -0.15) is 5.10 Å². The molecule has 0 unspecified atom stereocenters. The lowest BCUT2D eigenvalue weighted by molar-refractivity contribution is 0.0366. The summed E-state index contributed by atoms with van der Waals surface area (Å²) in [6.07, 6.45) is 1.68. The Kier molecular flexibility index (Phi) is 4.57. The molecule has 1 amide bonds. The topological polar surface area (TPSA) is 69.0 Å². The molecule has 1 aromatic carbocycles. The second kappa shape index (κ2) is 6.80. The normalized spacial score (nSPS) is 11.0. The zero-order valence-corrected chi connectivity index (χ0v) is 14.0. The molecule has 0 radical (unpaired) electrons. The number of amides is 1. The van der Waals surface area contributed by atoms with E-state index < -0.39 is 0 Å². The average molecular weight is 324 g/mol. The highest BCUT2D eigenvalue weighted by molar-refractivity contribution is 6.05. The monoisotopic (exact) mass is 324 g/mol. The minimum absolute atomic E-state index is 0.290. The number of benzene rings is 1. The van der Waals surface area contributed by atoms with E-state index in [1.54, 1.807) is 12.3 Å². The van der Waals surface area contributed by atoms with Crippen molar-refractivity contribution in [2.45, 2.75) is 27.3 Å². The molecule has 0 saturated carbocycles. The van der Waals surface area contributed by atoms with Crippen LogP contribution in [0.2, 0.25) is 0 Å². The van der Waals surface area contributed by atoms with Crippen molar-refractivity contribution in [2.24, 2.45) is 0 Å². The standard InChI is InChI=1S/C18H20N4O2/c1-4-24-21-18(23)15-9-13(3)20-17-16(15)10-19-22(17)11-14-7-5-12(2)6-8-14/h5-10H,4,11H2,1-3H3,(H,21,23). The summed E-state index contributed by atoms with van der Waals surface area (Å²) < 4.78 is 1.81. The Labute approximate surface area is 140 Å². The zero-order chi connectivity index (χ0) is 17.1. The Morgan fingerprint density at radius 2 is 2.00 bits per heavy atom. The summed E-state index contributed by atoms with van der Waals surface area (Å²) in [5, 5.41) is 5.12. The van der Waals surface area contributed by atoms with Gasteiger partial charge in [-0.25, -0.2) is 15.1 Å². The minimum atomic E-state index is -0.290. The van der Waals surface area contributed by atoms with Crippen LogP contribution in [0, 0.1) is 13.8 Å². The molecule has 3 rings (SSSR count). The van der Waals surface area contributed by atoms with E-state index >= 15 is 0 Å². The molecule has 6 heteroatoms. The minimum Gasteiger partial charge on any atom is -0.274 e. The number of carbonyl (C=O) groups excluding carboxylic acids is 1. The van der Waals surface area contributed by atoms with E-state index in [1.165, 1.54) is 5.56 Å². The molecule has 6 nitrogen and oxygen atoms in total. The van der Waals surface area contributed by atoms with Crippen LogP contribution in [0.1, 0.15) is 34.1 Å². The third-order valence-electron chi connectivity index (χ3n) is 3.74. The Hall–Kier alpha value is -2.73. The summed E-state index contributed by atoms with van der Waals surface area (Å²) in [5.74, 6) is -0.290. The fourth-order valence-corrected chi connectivity index (χ4v) is 2.54. The summed E-state index contributed by atoms with van der Waals surface area (Å²) in [4.78, 5) is 21.8. The highest BCUT2D eigenvalue weighted by atomic mass is 16.6. The van der Waals surface area contributed by atoms with Crippen molar-refractivity contribution in [3.63, 3.8) is 0 Å². The second-order valence-corrected chi connectivity index (χ2v) is 5.70. The lowest BCUT2D eigenvalue weighted by Crippen LogP contribution is -2.24. The van der Waals surface area contributed by atoms with Crippen LogP contribution in [0.3, 0.4) is 0 Å². The van der Waals surface area contributed by atoms with E-state index in [4.69, 9.17) is 4.84 Å². The number of hydroxylamine groups is 1. The maximum Gasteiger partial charge on any atom is 0.275 e. The molecule has 0 aliphatic heterocycles. The fourth-order valence-electron chi connectivity index (χ4n) is 2.54. The number of fused-ring (bicyclic) bond motifs is 1. The smallest absolute Gasteiger partial charge is 0.274 e. The summed E-state index contributed by atoms with van der Waals surface area (Å²) in [7, 11) is 0. The number of hydrogen-bond donors (Lipinski definition) is 1. The Balaban J connectivity index is 1.98. The van der Waals surface area contributed by atoms with Crippen LogP contribution in [-0.4, -0.2) is 27.3 Å². The first-order valence-corrected chi connectivity index (χ1v) is 7.89. The van der Waals surface area contributed by atoms with Gasteiger partial charge in [-0.3, -0.25) is 9.63 Å². The first-order chi connectivity index (χ1) is 11.6. The van der Waals surface area contributed by atoms with Crippen LogP contribution in [0.4, 0.5) is 0 Å². The number of nitrogens with zero attached hydrogens (tertiary/aromatic N) is 3. The van der Waals surface area contributed by atoms with Gasteiger partial charge in [-0.05, 0) is 32.4 Å². The molecule has 124 valence electrons. The van der Waals surface area contributed by atoms with Crippen molar-refractivity contribution in [2.75, 3.05) is 6.61 Å². The summed E-state index contributed by atoms with van der Waals surface area (Å²) in [6.45, 7) is 6.74. The van der Waals surface area contributed by atoms with Gasteiger partial charge >= 0.3 is 0 Å². The molecular formula is C18H20N4O2. The zero-order valence-electron chi connectivity index (χ0n) is 14.0. The lowest BCUT2D eigenvalue weighted by Gasteiger charge is -2.08. The maximum atomic E-state index is 12.3. The van der Waals surface area contributed by atoms with Crippen molar-refractivity contribution >= 4 is 16.9 Å². The maximum absolute atomic E-state index is 12.3. The van der Waals surface area contributed by atoms with E-state index in [9.17, 15) is 4.79 Å². The number of hydrogen-bond acceptors (Lipinski definition) is 4. The third kappa shape index (κ3) is 3.28. The Morgan fingerprint density at radius 3 is 2.71 bits per heavy atom. The SMILES string of the molecule is CCONC(=O)c1cc(C)nc2c1cnn2Cc1ccc(C)cc1. The van der Waals surface area contributed by atoms with Gasteiger partial charge in [0, 0.05) is 5.69 Å². The second-order valence-electron chi connectivity index (χ2n) is 5.70. The molecule has 0 aliphatic rings. The third-order valence-corrected chi connectivity index (χ3v) is 3.74. The largest absolute Gasteiger partial charge is 0.275 e. The number of pyridine rings is 1. The van der Waals surface area contributed by atoms with Crippen molar-refractivity contribution in [3.05, 3.63) is 58.9 Å². The number of aromatic nitrogens is 3. The lowest BCUT2D eigenvalue weighted by atomic mass is 10.1. The molecular weight excluding hydrogens is 304 g/mol. The first-order valence-electron chi connectivity index (χ1n) is 7.89. The van der Waals surface area contributed by atoms with Gasteiger partial charge in [0.1, 0.15) is 0 Å². The highest BCUT2D eigenvalue weighted by Gasteiger charge is 2.16. The van der Waals surface area contributed by atoms with E-state index in [0.717, 1.165) is 11.3 Å². The van der Waals surface area contributed by atoms with Crippen molar-refractivity contribution in [1.29, 1.82) is 0 Å². The van der Waals surface area contributed by atoms with Crippen molar-refractivity contribution in [1.82, 2.24) is 20.2 Å². The summed E-state index contributed by atoms with van der Waals surface area (Å²) in [6, 6.07) is 10.0. The molecule has 0 spiro atoms. The van der Waals surface area contributed by atoms with Crippen LogP contribution in [0.25, 0.3) is 11.0 Å². The number of nitrogens with one attached hydrogen (secondary N) is 1. The van der Waals surface area contributed by atoms with Crippen LogP contribution < -0.4 is 5.48 Å². The predicted octanol–water partition coefficient (Wildman–Crippen LogP) is 2.78. The molecule has 0 saturated heterocycles. The van der Waals surface area contributed by atoms with Crippen LogP contribution in [0.5, 0.6) is 0 Å². The quantitative estimate of drug-likeness (QED) is 0.733. The van der Waals surface area contributed by atoms with Gasteiger partial charge in [-0.15, -0.1) is 0 Å². The predicted molar refractivity (Wildman–Crippen MR) is 91.6 cm³/mol. The van der Waals surface area contributed by atoms with Gasteiger partial charge in [-0.1, -0.05) is 29.8 Å². The van der Waals surface area contributed by atoms with Crippen molar-refractivity contribution < 1.29 is 9.63 Å². The number of rotatable bonds is 5. The molecule has 1 N–H and O–H groups in total. The van der Waals surface area contributed by atoms with Gasteiger partial charge in [0.15, 0.2) is 5.65 Å². The highest BCUT2D eigenvalue weighted by Crippen LogP contribution is 2.19. The van der Waals surface area contributed by atoms with Crippen LogP contribution >= 0.6 is 0 Å². The van der Waals surface area contributed by atoms with Gasteiger partial charge in [0.2, 0.25) is 0 Å². The first kappa shape index (κ1) is 16.1. The van der Waals surface area contributed by atoms with Crippen LogP contribution in [0.15, 0.2) is 36.5 Å². The van der Waals surface area contributed by atoms with Crippen LogP contribution in [-0.2, 0) is 11.4 Å².